The molecule has 0 saturated heterocycles. The van der Waals surface area contributed by atoms with Gasteiger partial charge in [-0.15, -0.1) is 11.3 Å². The van der Waals surface area contributed by atoms with Gasteiger partial charge in [0.05, 0.1) is 20.2 Å². The Kier molecular flexibility index (Phi) is 6.92. The minimum Gasteiger partial charge on any atom is -0.455 e. The van der Waals surface area contributed by atoms with Crippen molar-refractivity contribution in [2.24, 2.45) is 0 Å². The van der Waals surface area contributed by atoms with Crippen LogP contribution in [0.15, 0.2) is 180 Å². The summed E-state index contributed by atoms with van der Waals surface area (Å²) >= 11 is 3.61. The largest absolute Gasteiger partial charge is 0.455 e. The molecule has 9 rings (SSSR count). The van der Waals surface area contributed by atoms with Crippen LogP contribution in [0.4, 0.5) is 34.1 Å². The predicted octanol–water partition coefficient (Wildman–Crippen LogP) is 13.3. The molecule has 3 nitrogen and oxygen atoms in total. The molecule has 0 aliphatic carbocycles. The smallest absolute Gasteiger partial charge is 0.143 e. The topological polar surface area (TPSA) is 15.7 Å². The number of thiophene rings is 1. The van der Waals surface area contributed by atoms with E-state index in [1.54, 1.807) is 11.8 Å². The fourth-order valence-corrected chi connectivity index (χ4v) is 8.52. The second-order valence-corrected chi connectivity index (χ2v) is 13.5. The Labute approximate surface area is 281 Å². The number of ether oxygens (including phenoxy) is 1. The van der Waals surface area contributed by atoms with Gasteiger partial charge in [-0.25, -0.2) is 0 Å². The monoisotopic (exact) mass is 640 g/mol. The van der Waals surface area contributed by atoms with Gasteiger partial charge in [-0.3, -0.25) is 0 Å². The summed E-state index contributed by atoms with van der Waals surface area (Å²) in [5, 5.41) is 2.58. The lowest BCUT2D eigenvalue weighted by atomic mass is 10.1. The molecule has 7 aromatic carbocycles. The second-order valence-electron chi connectivity index (χ2n) is 11.4. The maximum absolute atomic E-state index is 6.63. The number of anilines is 6. The van der Waals surface area contributed by atoms with E-state index in [1.807, 2.05) is 23.5 Å². The average molecular weight is 641 g/mol. The van der Waals surface area contributed by atoms with E-state index in [4.69, 9.17) is 4.74 Å². The summed E-state index contributed by atoms with van der Waals surface area (Å²) in [6.45, 7) is 0. The molecule has 8 aromatic rings. The number of rotatable bonds is 6. The lowest BCUT2D eigenvalue weighted by Crippen LogP contribution is -2.11. The fraction of sp³-hybridized carbons (Fsp3) is 0. The van der Waals surface area contributed by atoms with Crippen LogP contribution in [-0.4, -0.2) is 0 Å². The molecule has 0 unspecified atom stereocenters. The van der Waals surface area contributed by atoms with E-state index >= 15 is 0 Å². The van der Waals surface area contributed by atoms with Gasteiger partial charge >= 0.3 is 0 Å². The molecule has 5 heteroatoms. The van der Waals surface area contributed by atoms with E-state index < -0.39 is 0 Å². The summed E-state index contributed by atoms with van der Waals surface area (Å²) in [5.74, 6) is 1.72. The molecule has 0 spiro atoms. The van der Waals surface area contributed by atoms with Crippen molar-refractivity contribution in [1.82, 2.24) is 0 Å². The molecular formula is C42H28N2OS2. The molecule has 0 atom stereocenters. The minimum atomic E-state index is 0.861. The number of hydrogen-bond donors (Lipinski definition) is 0. The van der Waals surface area contributed by atoms with Crippen molar-refractivity contribution in [2.75, 3.05) is 9.80 Å². The fourth-order valence-electron chi connectivity index (χ4n) is 6.35. The van der Waals surface area contributed by atoms with Crippen LogP contribution in [0, 0.1) is 0 Å². The van der Waals surface area contributed by atoms with Gasteiger partial charge in [0.2, 0.25) is 0 Å². The van der Waals surface area contributed by atoms with Gasteiger partial charge in [0.25, 0.3) is 0 Å². The molecule has 1 aliphatic rings. The molecule has 1 aliphatic heterocycles. The van der Waals surface area contributed by atoms with Gasteiger partial charge in [-0.1, -0.05) is 96.7 Å². The van der Waals surface area contributed by atoms with Crippen molar-refractivity contribution in [3.05, 3.63) is 170 Å². The standard InChI is InChI=1S/C42H28N2OS2/c1-4-13-29(14-5-1)43(30-15-6-2-7-16-30)32-24-26-40-38(27-32)45-37-25-23-33(28-41(37)46-40)44(31-17-8-3-9-18-31)36-21-12-20-35-34-19-10-11-22-39(34)47-42(35)36/h1-28H. The molecular weight excluding hydrogens is 613 g/mol. The molecule has 47 heavy (non-hydrogen) atoms. The maximum atomic E-state index is 6.63. The number of hydrogen-bond acceptors (Lipinski definition) is 5. The first-order chi connectivity index (χ1) is 23.3. The SMILES string of the molecule is c1ccc(N(c2ccccc2)c2ccc3c(c2)Oc2ccc(N(c4ccccc4)c4cccc5c4sc4ccccc45)cc2S3)cc1. The van der Waals surface area contributed by atoms with Crippen molar-refractivity contribution >= 4 is 77.4 Å². The first-order valence-corrected chi connectivity index (χ1v) is 17.2. The highest BCUT2D eigenvalue weighted by atomic mass is 32.2. The zero-order valence-electron chi connectivity index (χ0n) is 25.3. The van der Waals surface area contributed by atoms with E-state index in [2.05, 4.69) is 168 Å². The first kappa shape index (κ1) is 27.8. The summed E-state index contributed by atoms with van der Waals surface area (Å²) in [4.78, 5) is 6.82. The van der Waals surface area contributed by atoms with Crippen LogP contribution in [-0.2, 0) is 0 Å². The summed E-state index contributed by atoms with van der Waals surface area (Å²) < 4.78 is 9.21. The molecule has 1 aromatic heterocycles. The number of nitrogens with zero attached hydrogens (tertiary/aromatic N) is 2. The van der Waals surface area contributed by atoms with Crippen LogP contribution >= 0.6 is 23.1 Å². The van der Waals surface area contributed by atoms with E-state index in [0.717, 1.165) is 49.7 Å². The third kappa shape index (κ3) is 5.01. The molecule has 0 N–H and O–H groups in total. The van der Waals surface area contributed by atoms with Crippen molar-refractivity contribution in [2.45, 2.75) is 9.79 Å². The van der Waals surface area contributed by atoms with Crippen LogP contribution in [0.2, 0.25) is 0 Å². The zero-order chi connectivity index (χ0) is 31.2. The van der Waals surface area contributed by atoms with E-state index in [0.29, 0.717) is 0 Å². The number of fused-ring (bicyclic) bond motifs is 5. The molecule has 0 saturated carbocycles. The maximum Gasteiger partial charge on any atom is 0.143 e. The highest BCUT2D eigenvalue weighted by Gasteiger charge is 2.24. The van der Waals surface area contributed by atoms with Gasteiger partial charge in [-0.05, 0) is 78.9 Å². The minimum absolute atomic E-state index is 0.861. The third-order valence-corrected chi connectivity index (χ3v) is 10.8. The van der Waals surface area contributed by atoms with Gasteiger partial charge in [0.15, 0.2) is 0 Å². The Morgan fingerprint density at radius 2 is 1.00 bits per heavy atom. The van der Waals surface area contributed by atoms with Crippen molar-refractivity contribution in [3.63, 3.8) is 0 Å². The van der Waals surface area contributed by atoms with Crippen LogP contribution in [0.25, 0.3) is 20.2 Å². The summed E-state index contributed by atoms with van der Waals surface area (Å²) in [7, 11) is 0. The summed E-state index contributed by atoms with van der Waals surface area (Å²) in [6.07, 6.45) is 0. The molecule has 0 radical (unpaired) electrons. The van der Waals surface area contributed by atoms with E-state index in [1.165, 1.54) is 25.9 Å². The zero-order valence-corrected chi connectivity index (χ0v) is 26.9. The van der Waals surface area contributed by atoms with Crippen LogP contribution in [0.1, 0.15) is 0 Å². The molecule has 0 fully saturated rings. The van der Waals surface area contributed by atoms with Crippen molar-refractivity contribution < 1.29 is 4.74 Å². The van der Waals surface area contributed by atoms with Crippen molar-refractivity contribution in [1.29, 1.82) is 0 Å². The summed E-state index contributed by atoms with van der Waals surface area (Å²) in [6, 6.07) is 59.9. The molecule has 0 amide bonds. The Hall–Kier alpha value is -5.49. The van der Waals surface area contributed by atoms with Gasteiger partial charge in [-0.2, -0.15) is 0 Å². The quantitative estimate of drug-likeness (QED) is 0.180. The van der Waals surface area contributed by atoms with Crippen molar-refractivity contribution in [3.8, 4) is 11.5 Å². The molecule has 2 heterocycles. The Bertz CT molecular complexity index is 2330. The molecule has 224 valence electrons. The Morgan fingerprint density at radius 3 is 1.72 bits per heavy atom. The number of benzene rings is 7. The highest BCUT2D eigenvalue weighted by molar-refractivity contribution is 7.99. The third-order valence-electron chi connectivity index (χ3n) is 8.48. The van der Waals surface area contributed by atoms with Gasteiger partial charge in [0, 0.05) is 50.0 Å². The van der Waals surface area contributed by atoms with Crippen LogP contribution < -0.4 is 14.5 Å². The second kappa shape index (κ2) is 11.7. The van der Waals surface area contributed by atoms with Gasteiger partial charge < -0.3 is 14.5 Å². The summed E-state index contributed by atoms with van der Waals surface area (Å²) in [5.41, 5.74) is 6.63. The van der Waals surface area contributed by atoms with Crippen LogP contribution in [0.5, 0.6) is 11.5 Å². The van der Waals surface area contributed by atoms with E-state index in [-0.39, 0.29) is 0 Å². The number of para-hydroxylation sites is 3. The lowest BCUT2D eigenvalue weighted by molar-refractivity contribution is 0.455. The first-order valence-electron chi connectivity index (χ1n) is 15.6. The van der Waals surface area contributed by atoms with E-state index in [9.17, 15) is 0 Å². The Morgan fingerprint density at radius 1 is 0.404 bits per heavy atom. The van der Waals surface area contributed by atoms with Crippen LogP contribution in [0.3, 0.4) is 0 Å². The predicted molar refractivity (Wildman–Crippen MR) is 199 cm³/mol. The highest BCUT2D eigenvalue weighted by Crippen LogP contribution is 2.52. The normalized spacial score (nSPS) is 11.9. The average Bonchev–Trinajstić information content (AvgIpc) is 3.52. The lowest BCUT2D eigenvalue weighted by Gasteiger charge is -2.29. The molecule has 0 bridgehead atoms. The van der Waals surface area contributed by atoms with Gasteiger partial charge in [0.1, 0.15) is 11.5 Å². The Balaban J connectivity index is 1.11.